The molecule has 9 heteroatoms. The number of nitrogens with zero attached hydrogens (tertiary/aromatic N) is 3. The zero-order valence-electron chi connectivity index (χ0n) is 16.5. The summed E-state index contributed by atoms with van der Waals surface area (Å²) < 4.78 is 28.3. The molecule has 1 aromatic carbocycles. The van der Waals surface area contributed by atoms with E-state index >= 15 is 0 Å². The number of pyridine rings is 1. The molecule has 2 heterocycles. The molecule has 1 N–H and O–H groups in total. The minimum atomic E-state index is -3.09. The average molecular weight is 507 g/mol. The third-order valence-corrected chi connectivity index (χ3v) is 10.8. The van der Waals surface area contributed by atoms with Crippen LogP contribution in [-0.4, -0.2) is 65.1 Å². The molecule has 1 aliphatic rings. The molecule has 29 heavy (non-hydrogen) atoms. The Kier molecular flexibility index (Phi) is 5.81. The van der Waals surface area contributed by atoms with Crippen LogP contribution in [0.15, 0.2) is 30.5 Å². The van der Waals surface area contributed by atoms with E-state index in [4.69, 9.17) is 5.26 Å². The van der Waals surface area contributed by atoms with Gasteiger partial charge in [0.25, 0.3) is 0 Å². The number of alkyl halides is 2. The summed E-state index contributed by atoms with van der Waals surface area (Å²) >= 11 is -2.37. The van der Waals surface area contributed by atoms with E-state index in [2.05, 4.69) is 25.1 Å². The van der Waals surface area contributed by atoms with Gasteiger partial charge in [0, 0.05) is 0 Å². The van der Waals surface area contributed by atoms with Gasteiger partial charge in [0.2, 0.25) is 0 Å². The summed E-state index contributed by atoms with van der Waals surface area (Å²) in [4.78, 5) is 36.9. The molecule has 1 fully saturated rings. The van der Waals surface area contributed by atoms with Gasteiger partial charge in [0.1, 0.15) is 0 Å². The van der Waals surface area contributed by atoms with Crippen molar-refractivity contribution in [2.45, 2.75) is 33.2 Å². The van der Waals surface area contributed by atoms with Gasteiger partial charge in [-0.05, 0) is 0 Å². The van der Waals surface area contributed by atoms with Gasteiger partial charge < -0.3 is 0 Å². The summed E-state index contributed by atoms with van der Waals surface area (Å²) in [5.41, 5.74) is 1.05. The Morgan fingerprint density at radius 3 is 2.72 bits per heavy atom. The molecule has 0 spiro atoms. The van der Waals surface area contributed by atoms with Crippen molar-refractivity contribution in [2.24, 2.45) is 0 Å². The second-order valence-electron chi connectivity index (χ2n) is 8.25. The predicted octanol–water partition coefficient (Wildman–Crippen LogP) is 2.27. The molecule has 0 aliphatic carbocycles. The molecule has 1 saturated heterocycles. The quantitative estimate of drug-likeness (QED) is 0.644. The number of benzene rings is 1. The Morgan fingerprint density at radius 1 is 1.34 bits per heavy atom. The molecule has 0 unspecified atom stereocenters. The standard InChI is InChI=1S/C17H13F2N4O2.3CH3.Sn/c18-17(19)7-11(8-20)23(10-17)15(24)9-22-16(25)13-5-6-21-14-4-2-1-3-12(13)14;;;;/h2-6,11H,7,9-10H2,(H,22,25);3*1H3;/t11-;;;;/m0..../s1. The zero-order valence-corrected chi connectivity index (χ0v) is 19.4. The minimum absolute atomic E-state index is 0.378. The van der Waals surface area contributed by atoms with Crippen molar-refractivity contribution in [3.05, 3.63) is 36.0 Å². The Bertz CT molecular complexity index is 1010. The number of carbonyl (C=O) groups is 2. The van der Waals surface area contributed by atoms with Crippen molar-refractivity contribution in [2.75, 3.05) is 13.1 Å². The Hall–Kier alpha value is -2.28. The van der Waals surface area contributed by atoms with Crippen molar-refractivity contribution >= 4 is 44.7 Å². The number of nitrogens with one attached hydrogen (secondary N) is 1. The van der Waals surface area contributed by atoms with E-state index in [1.807, 2.05) is 18.2 Å². The Labute approximate surface area is 171 Å². The van der Waals surface area contributed by atoms with E-state index in [1.165, 1.54) is 9.78 Å². The summed E-state index contributed by atoms with van der Waals surface area (Å²) in [6.07, 6.45) is 0.839. The number of hydrogen-bond acceptors (Lipinski definition) is 4. The first-order chi connectivity index (χ1) is 13.5. The molecule has 0 bridgehead atoms. The van der Waals surface area contributed by atoms with Gasteiger partial charge in [-0.1, -0.05) is 0 Å². The Balaban J connectivity index is 1.78. The molecular formula is C20H22F2N4O2Sn. The second kappa shape index (κ2) is 7.86. The third-order valence-electron chi connectivity index (χ3n) is 4.99. The fraction of sp³-hybridized carbons (Fsp3) is 0.400. The first-order valence-electron chi connectivity index (χ1n) is 9.26. The van der Waals surface area contributed by atoms with Crippen LogP contribution in [0.25, 0.3) is 10.9 Å². The molecular weight excluding hydrogens is 485 g/mol. The van der Waals surface area contributed by atoms with Crippen LogP contribution in [-0.2, 0) is 4.79 Å². The van der Waals surface area contributed by atoms with E-state index in [9.17, 15) is 18.4 Å². The maximum absolute atomic E-state index is 13.5. The van der Waals surface area contributed by atoms with Crippen molar-refractivity contribution < 1.29 is 18.4 Å². The van der Waals surface area contributed by atoms with Crippen LogP contribution in [0, 0.1) is 11.3 Å². The normalized spacial score (nSPS) is 18.5. The van der Waals surface area contributed by atoms with Crippen molar-refractivity contribution in [3.8, 4) is 6.07 Å². The third kappa shape index (κ3) is 4.66. The van der Waals surface area contributed by atoms with Gasteiger partial charge in [0.15, 0.2) is 0 Å². The molecule has 0 radical (unpaired) electrons. The summed E-state index contributed by atoms with van der Waals surface area (Å²) in [6, 6.07) is 8.04. The number of likely N-dealkylation sites (tertiary alicyclic amines) is 1. The van der Waals surface area contributed by atoms with Gasteiger partial charge in [-0.15, -0.1) is 0 Å². The molecule has 6 nitrogen and oxygen atoms in total. The number of fused-ring (bicyclic) bond motifs is 1. The van der Waals surface area contributed by atoms with Gasteiger partial charge in [-0.25, -0.2) is 0 Å². The number of amides is 2. The number of rotatable bonds is 4. The number of hydrogen-bond donors (Lipinski definition) is 1. The molecule has 2 aromatic rings. The Morgan fingerprint density at radius 2 is 2.07 bits per heavy atom. The van der Waals surface area contributed by atoms with E-state index < -0.39 is 61.7 Å². The van der Waals surface area contributed by atoms with Crippen LogP contribution < -0.4 is 8.90 Å². The number of halogens is 2. The van der Waals surface area contributed by atoms with Crippen LogP contribution in [0.5, 0.6) is 0 Å². The van der Waals surface area contributed by atoms with Crippen LogP contribution in [0.2, 0.25) is 14.8 Å². The molecule has 1 aromatic heterocycles. The average Bonchev–Trinajstić information content (AvgIpc) is 2.99. The summed E-state index contributed by atoms with van der Waals surface area (Å²) in [5, 5.41) is 12.2. The van der Waals surface area contributed by atoms with Gasteiger partial charge in [-0.2, -0.15) is 0 Å². The molecule has 1 aliphatic heterocycles. The molecule has 0 saturated carbocycles. The first-order valence-corrected chi connectivity index (χ1v) is 19.3. The van der Waals surface area contributed by atoms with Gasteiger partial charge in [0.05, 0.1) is 0 Å². The zero-order chi connectivity index (χ0) is 21.4. The van der Waals surface area contributed by atoms with E-state index in [1.54, 1.807) is 12.1 Å². The van der Waals surface area contributed by atoms with E-state index in [-0.39, 0.29) is 0 Å². The fourth-order valence-corrected chi connectivity index (χ4v) is 6.67. The second-order valence-corrected chi connectivity index (χ2v) is 22.7. The van der Waals surface area contributed by atoms with Crippen molar-refractivity contribution in [3.63, 3.8) is 0 Å². The fourth-order valence-electron chi connectivity index (χ4n) is 3.36. The first kappa shape index (κ1) is 21.4. The van der Waals surface area contributed by atoms with E-state index in [0.29, 0.717) is 16.5 Å². The van der Waals surface area contributed by atoms with Gasteiger partial charge >= 0.3 is 172 Å². The van der Waals surface area contributed by atoms with E-state index in [0.717, 1.165) is 4.90 Å². The SMILES string of the molecule is [CH3][Sn]([CH3])([CH3])[c]1ccc2nccc(C(=O)NCC(=O)N3CC(F)(F)C[C@H]3C#N)c2c1. The molecule has 2 amide bonds. The van der Waals surface area contributed by atoms with Crippen molar-refractivity contribution in [1.82, 2.24) is 15.2 Å². The maximum atomic E-state index is 13.5. The summed E-state index contributed by atoms with van der Waals surface area (Å²) in [7, 11) is 0. The van der Waals surface area contributed by atoms with Crippen LogP contribution >= 0.6 is 0 Å². The number of nitriles is 1. The van der Waals surface area contributed by atoms with Crippen LogP contribution in [0.3, 0.4) is 0 Å². The van der Waals surface area contributed by atoms with Crippen molar-refractivity contribution in [1.29, 1.82) is 5.26 Å². The summed E-state index contributed by atoms with van der Waals surface area (Å²) in [6.45, 7) is -1.25. The number of carbonyl (C=O) groups excluding carboxylic acids is 2. The number of aromatic nitrogens is 1. The molecule has 152 valence electrons. The topological polar surface area (TPSA) is 86.1 Å². The van der Waals surface area contributed by atoms with Crippen LogP contribution in [0.4, 0.5) is 8.78 Å². The van der Waals surface area contributed by atoms with Gasteiger partial charge in [-0.3, -0.25) is 0 Å². The van der Waals surface area contributed by atoms with Crippen LogP contribution in [0.1, 0.15) is 16.8 Å². The molecule has 3 rings (SSSR count). The monoisotopic (exact) mass is 508 g/mol. The predicted molar refractivity (Wildman–Crippen MR) is 108 cm³/mol. The summed E-state index contributed by atoms with van der Waals surface area (Å²) in [5.74, 6) is -4.27. The molecule has 1 atom stereocenters.